The summed E-state index contributed by atoms with van der Waals surface area (Å²) in [7, 11) is 1.74. The van der Waals surface area contributed by atoms with Crippen molar-refractivity contribution in [2.24, 2.45) is 0 Å². The summed E-state index contributed by atoms with van der Waals surface area (Å²) in [6.07, 6.45) is 4.23. The summed E-state index contributed by atoms with van der Waals surface area (Å²) in [5, 5.41) is 0. The summed E-state index contributed by atoms with van der Waals surface area (Å²) in [5.41, 5.74) is 1.25. The number of halogens is 1. The smallest absolute Gasteiger partial charge is 0.123 e. The Morgan fingerprint density at radius 1 is 1.42 bits per heavy atom. The van der Waals surface area contributed by atoms with E-state index in [0.29, 0.717) is 12.1 Å². The number of hydrogen-bond donors (Lipinski definition) is 0. The summed E-state index contributed by atoms with van der Waals surface area (Å²) in [4.78, 5) is 2.56. The molecule has 0 N–H and O–H groups in total. The van der Waals surface area contributed by atoms with Crippen LogP contribution in [0.5, 0.6) is 5.75 Å². The number of benzene rings is 1. The van der Waals surface area contributed by atoms with E-state index in [2.05, 4.69) is 26.9 Å². The fraction of sp³-hybridized carbons (Fsp3) is 0.600. The van der Waals surface area contributed by atoms with Crippen molar-refractivity contribution in [1.82, 2.24) is 4.90 Å². The average Bonchev–Trinajstić information content (AvgIpc) is 2.88. The van der Waals surface area contributed by atoms with Gasteiger partial charge in [0.1, 0.15) is 5.75 Å². The maximum Gasteiger partial charge on any atom is 0.123 e. The second kappa shape index (κ2) is 5.81. The van der Waals surface area contributed by atoms with Crippen LogP contribution in [0, 0.1) is 0 Å². The third-order valence-electron chi connectivity index (χ3n) is 4.21. The predicted molar refractivity (Wildman–Crippen MR) is 78.5 cm³/mol. The first-order valence-electron chi connectivity index (χ1n) is 6.96. The third-order valence-corrected chi connectivity index (χ3v) is 4.71. The second-order valence-electron chi connectivity index (χ2n) is 5.33. The van der Waals surface area contributed by atoms with Gasteiger partial charge < -0.3 is 9.47 Å². The van der Waals surface area contributed by atoms with E-state index in [9.17, 15) is 0 Å². The zero-order chi connectivity index (χ0) is 13.2. The molecule has 1 heterocycles. The van der Waals surface area contributed by atoms with Gasteiger partial charge in [0.15, 0.2) is 0 Å². The van der Waals surface area contributed by atoms with Crippen LogP contribution in [-0.4, -0.2) is 37.3 Å². The molecule has 4 heteroatoms. The van der Waals surface area contributed by atoms with E-state index >= 15 is 0 Å². The minimum atomic E-state index is 0.451. The van der Waals surface area contributed by atoms with E-state index in [1.54, 1.807) is 7.11 Å². The number of rotatable bonds is 3. The lowest BCUT2D eigenvalue weighted by molar-refractivity contribution is -0.0589. The minimum absolute atomic E-state index is 0.451. The predicted octanol–water partition coefficient (Wildman–Crippen LogP) is 3.21. The normalized spacial score (nSPS) is 27.3. The molecule has 0 bridgehead atoms. The van der Waals surface area contributed by atoms with E-state index in [1.807, 2.05) is 12.1 Å². The van der Waals surface area contributed by atoms with Crippen LogP contribution in [0.1, 0.15) is 24.8 Å². The van der Waals surface area contributed by atoms with Crippen molar-refractivity contribution >= 4 is 15.9 Å². The summed E-state index contributed by atoms with van der Waals surface area (Å²) in [6, 6.07) is 6.82. The van der Waals surface area contributed by atoms with E-state index in [0.717, 1.165) is 29.9 Å². The fourth-order valence-electron chi connectivity index (χ4n) is 3.29. The Hall–Kier alpha value is -0.580. The van der Waals surface area contributed by atoms with Gasteiger partial charge in [0.2, 0.25) is 0 Å². The van der Waals surface area contributed by atoms with Crippen LogP contribution in [-0.2, 0) is 11.3 Å². The second-order valence-corrected chi connectivity index (χ2v) is 6.25. The van der Waals surface area contributed by atoms with Crippen LogP contribution in [0.4, 0.5) is 0 Å². The molecule has 0 radical (unpaired) electrons. The first kappa shape index (κ1) is 13.4. The summed E-state index contributed by atoms with van der Waals surface area (Å²) < 4.78 is 12.5. The molecule has 1 saturated carbocycles. The molecule has 1 saturated heterocycles. The zero-order valence-electron chi connectivity index (χ0n) is 11.3. The van der Waals surface area contributed by atoms with Crippen LogP contribution >= 0.6 is 15.9 Å². The Labute approximate surface area is 123 Å². The molecule has 1 aromatic rings. The molecule has 104 valence electrons. The maximum absolute atomic E-state index is 5.87. The molecule has 0 aromatic heterocycles. The van der Waals surface area contributed by atoms with Crippen LogP contribution in [0.2, 0.25) is 0 Å². The molecule has 1 aliphatic carbocycles. The van der Waals surface area contributed by atoms with Gasteiger partial charge in [-0.2, -0.15) is 0 Å². The van der Waals surface area contributed by atoms with Gasteiger partial charge in [-0.3, -0.25) is 4.90 Å². The Morgan fingerprint density at radius 2 is 2.32 bits per heavy atom. The molecule has 2 atom stereocenters. The highest BCUT2D eigenvalue weighted by molar-refractivity contribution is 9.10. The van der Waals surface area contributed by atoms with Gasteiger partial charge in [-0.25, -0.2) is 0 Å². The van der Waals surface area contributed by atoms with Crippen LogP contribution in [0.25, 0.3) is 0 Å². The molecule has 3 nitrogen and oxygen atoms in total. The lowest BCUT2D eigenvalue weighted by atomic mass is 10.1. The van der Waals surface area contributed by atoms with Crippen LogP contribution < -0.4 is 4.74 Å². The molecular formula is C15H20BrNO2. The monoisotopic (exact) mass is 325 g/mol. The van der Waals surface area contributed by atoms with Crippen LogP contribution in [0.15, 0.2) is 22.7 Å². The molecule has 0 spiro atoms. The number of morpholine rings is 1. The fourth-order valence-corrected chi connectivity index (χ4v) is 3.70. The number of methoxy groups -OCH3 is 1. The van der Waals surface area contributed by atoms with Crippen LogP contribution in [0.3, 0.4) is 0 Å². The highest BCUT2D eigenvalue weighted by atomic mass is 79.9. The largest absolute Gasteiger partial charge is 0.496 e. The summed E-state index contributed by atoms with van der Waals surface area (Å²) in [6.45, 7) is 2.83. The van der Waals surface area contributed by atoms with Gasteiger partial charge >= 0.3 is 0 Å². The Kier molecular flexibility index (Phi) is 4.10. The maximum atomic E-state index is 5.87. The first-order chi connectivity index (χ1) is 9.28. The number of fused-ring (bicyclic) bond motifs is 1. The molecule has 2 aliphatic rings. The van der Waals surface area contributed by atoms with Crippen molar-refractivity contribution in [3.63, 3.8) is 0 Å². The molecular weight excluding hydrogens is 306 g/mol. The summed E-state index contributed by atoms with van der Waals surface area (Å²) in [5.74, 6) is 0.976. The van der Waals surface area contributed by atoms with Gasteiger partial charge in [-0.15, -0.1) is 0 Å². The quantitative estimate of drug-likeness (QED) is 0.851. The van der Waals surface area contributed by atoms with Crippen molar-refractivity contribution < 1.29 is 9.47 Å². The SMILES string of the molecule is COc1ccc(Br)cc1CN1CCOC2CCCC21. The molecule has 1 aromatic carbocycles. The Balaban J connectivity index is 1.78. The van der Waals surface area contributed by atoms with Crippen molar-refractivity contribution in [2.75, 3.05) is 20.3 Å². The van der Waals surface area contributed by atoms with Gasteiger partial charge in [0.25, 0.3) is 0 Å². The van der Waals surface area contributed by atoms with Crippen molar-refractivity contribution in [3.8, 4) is 5.75 Å². The average molecular weight is 326 g/mol. The Morgan fingerprint density at radius 3 is 3.16 bits per heavy atom. The summed E-state index contributed by atoms with van der Waals surface area (Å²) >= 11 is 3.55. The van der Waals surface area contributed by atoms with E-state index < -0.39 is 0 Å². The van der Waals surface area contributed by atoms with Gasteiger partial charge in [-0.1, -0.05) is 15.9 Å². The number of hydrogen-bond acceptors (Lipinski definition) is 3. The number of ether oxygens (including phenoxy) is 2. The lowest BCUT2D eigenvalue weighted by Crippen LogP contribution is -2.47. The third kappa shape index (κ3) is 2.81. The van der Waals surface area contributed by atoms with E-state index in [-0.39, 0.29) is 0 Å². The number of nitrogens with zero attached hydrogens (tertiary/aromatic N) is 1. The molecule has 0 amide bonds. The zero-order valence-corrected chi connectivity index (χ0v) is 12.9. The molecule has 3 rings (SSSR count). The topological polar surface area (TPSA) is 21.7 Å². The minimum Gasteiger partial charge on any atom is -0.496 e. The molecule has 2 fully saturated rings. The van der Waals surface area contributed by atoms with Crippen molar-refractivity contribution in [2.45, 2.75) is 38.0 Å². The van der Waals surface area contributed by atoms with Crippen molar-refractivity contribution in [3.05, 3.63) is 28.2 Å². The van der Waals surface area contributed by atoms with Gasteiger partial charge in [-0.05, 0) is 37.5 Å². The van der Waals surface area contributed by atoms with E-state index in [1.165, 1.54) is 24.8 Å². The molecule has 1 aliphatic heterocycles. The Bertz CT molecular complexity index is 452. The van der Waals surface area contributed by atoms with Crippen molar-refractivity contribution in [1.29, 1.82) is 0 Å². The van der Waals surface area contributed by atoms with E-state index in [4.69, 9.17) is 9.47 Å². The highest BCUT2D eigenvalue weighted by Crippen LogP contribution is 2.32. The van der Waals surface area contributed by atoms with Gasteiger partial charge in [0, 0.05) is 29.2 Å². The lowest BCUT2D eigenvalue weighted by Gasteiger charge is -2.37. The molecule has 19 heavy (non-hydrogen) atoms. The highest BCUT2D eigenvalue weighted by Gasteiger charge is 2.36. The standard InChI is InChI=1S/C15H20BrNO2/c1-18-14-6-5-12(16)9-11(14)10-17-7-8-19-15-4-2-3-13(15)17/h5-6,9,13,15H,2-4,7-8,10H2,1H3. The molecule has 2 unspecified atom stereocenters. The first-order valence-corrected chi connectivity index (χ1v) is 7.75. The van der Waals surface area contributed by atoms with Gasteiger partial charge in [0.05, 0.1) is 19.8 Å².